The summed E-state index contributed by atoms with van der Waals surface area (Å²) in [7, 11) is 0. The van der Waals surface area contributed by atoms with E-state index in [1.807, 2.05) is 30.0 Å². The maximum atomic E-state index is 12.5. The van der Waals surface area contributed by atoms with E-state index in [1.54, 1.807) is 0 Å². The minimum absolute atomic E-state index is 0.144. The molecule has 3 heterocycles. The molecule has 2 aliphatic rings. The van der Waals surface area contributed by atoms with Crippen LogP contribution < -0.4 is 4.90 Å². The highest BCUT2D eigenvalue weighted by Gasteiger charge is 2.30. The van der Waals surface area contributed by atoms with Gasteiger partial charge in [-0.1, -0.05) is 37.3 Å². The second kappa shape index (κ2) is 8.49. The average Bonchev–Trinajstić information content (AvgIpc) is 2.72. The van der Waals surface area contributed by atoms with Crippen molar-refractivity contribution in [3.8, 4) is 11.4 Å². The Hall–Kier alpha value is -2.47. The van der Waals surface area contributed by atoms with Gasteiger partial charge < -0.3 is 14.5 Å². The molecule has 29 heavy (non-hydrogen) atoms. The number of hydrogen-bond donors (Lipinski definition) is 0. The van der Waals surface area contributed by atoms with E-state index >= 15 is 0 Å². The number of carbonyl (C=O) groups excluding carboxylic acids is 1. The van der Waals surface area contributed by atoms with E-state index < -0.39 is 0 Å². The lowest BCUT2D eigenvalue weighted by Gasteiger charge is -2.39. The molecule has 0 spiro atoms. The van der Waals surface area contributed by atoms with Gasteiger partial charge in [0.25, 0.3) is 0 Å². The number of nitrogens with zero attached hydrogens (tertiary/aromatic N) is 4. The Morgan fingerprint density at radius 2 is 1.86 bits per heavy atom. The van der Waals surface area contributed by atoms with Gasteiger partial charge in [-0.25, -0.2) is 9.97 Å². The summed E-state index contributed by atoms with van der Waals surface area (Å²) in [5, 5.41) is 0. The van der Waals surface area contributed by atoms with Gasteiger partial charge in [-0.05, 0) is 20.3 Å². The number of rotatable bonds is 4. The van der Waals surface area contributed by atoms with Crippen molar-refractivity contribution >= 4 is 11.7 Å². The monoisotopic (exact) mass is 394 g/mol. The van der Waals surface area contributed by atoms with E-state index in [9.17, 15) is 4.79 Å². The molecule has 0 N–H and O–H groups in total. The fourth-order valence-electron chi connectivity index (χ4n) is 4.31. The van der Waals surface area contributed by atoms with E-state index in [2.05, 4.69) is 30.9 Å². The predicted molar refractivity (Wildman–Crippen MR) is 114 cm³/mol. The number of anilines is 1. The highest BCUT2D eigenvalue weighted by molar-refractivity contribution is 5.77. The number of morpholine rings is 1. The summed E-state index contributed by atoms with van der Waals surface area (Å²) in [5.41, 5.74) is 3.19. The van der Waals surface area contributed by atoms with Gasteiger partial charge in [-0.15, -0.1) is 0 Å². The Kier molecular flexibility index (Phi) is 5.81. The Bertz CT molecular complexity index is 861. The number of benzene rings is 1. The molecule has 0 bridgehead atoms. The third-order valence-electron chi connectivity index (χ3n) is 5.61. The molecule has 2 atom stereocenters. The second-order valence-electron chi connectivity index (χ2n) is 8.14. The van der Waals surface area contributed by atoms with Crippen LogP contribution in [0.1, 0.15) is 44.9 Å². The van der Waals surface area contributed by atoms with Crippen LogP contribution in [-0.2, 0) is 22.5 Å². The van der Waals surface area contributed by atoms with Gasteiger partial charge in [0, 0.05) is 43.6 Å². The molecular formula is C23H30N4O2. The molecule has 0 radical (unpaired) electrons. The fourth-order valence-corrected chi connectivity index (χ4v) is 4.31. The topological polar surface area (TPSA) is 58.6 Å². The number of amides is 1. The maximum Gasteiger partial charge on any atom is 0.222 e. The van der Waals surface area contributed by atoms with E-state index in [0.717, 1.165) is 60.9 Å². The lowest BCUT2D eigenvalue weighted by atomic mass is 10.0. The van der Waals surface area contributed by atoms with Crippen LogP contribution in [0.15, 0.2) is 30.3 Å². The molecule has 6 nitrogen and oxygen atoms in total. The number of fused-ring (bicyclic) bond motifs is 1. The molecule has 1 saturated heterocycles. The number of ether oxygens (including phenoxy) is 1. The molecule has 1 fully saturated rings. The number of hydrogen-bond acceptors (Lipinski definition) is 5. The van der Waals surface area contributed by atoms with Crippen molar-refractivity contribution in [2.45, 2.75) is 58.8 Å². The van der Waals surface area contributed by atoms with Crippen LogP contribution >= 0.6 is 0 Å². The summed E-state index contributed by atoms with van der Waals surface area (Å²) in [5.74, 6) is 1.95. The van der Waals surface area contributed by atoms with Crippen LogP contribution in [0.5, 0.6) is 0 Å². The van der Waals surface area contributed by atoms with Crippen LogP contribution in [0.3, 0.4) is 0 Å². The molecule has 6 heteroatoms. The van der Waals surface area contributed by atoms with Crippen molar-refractivity contribution < 1.29 is 9.53 Å². The summed E-state index contributed by atoms with van der Waals surface area (Å²) in [6.07, 6.45) is 2.53. The number of carbonyl (C=O) groups is 1. The Morgan fingerprint density at radius 1 is 1.14 bits per heavy atom. The molecule has 2 aliphatic heterocycles. The van der Waals surface area contributed by atoms with Gasteiger partial charge in [0.05, 0.1) is 24.4 Å². The summed E-state index contributed by atoms with van der Waals surface area (Å²) in [6.45, 7) is 9.17. The van der Waals surface area contributed by atoms with Crippen molar-refractivity contribution in [2.24, 2.45) is 0 Å². The molecule has 154 valence electrons. The standard InChI is InChI=1S/C23H30N4O2/c1-4-8-21(28)26-12-11-20-19(15-26)23(27-13-16(2)29-17(3)14-27)25-22(24-20)18-9-6-5-7-10-18/h5-7,9-10,16-17H,4,8,11-15H2,1-3H3/t16-,17+. The first-order valence-electron chi connectivity index (χ1n) is 10.7. The SMILES string of the molecule is CCCC(=O)N1CCc2nc(-c3ccccc3)nc(N3C[C@@H](C)O[C@@H](C)C3)c2C1. The van der Waals surface area contributed by atoms with Crippen LogP contribution in [0.4, 0.5) is 5.82 Å². The molecular weight excluding hydrogens is 364 g/mol. The van der Waals surface area contributed by atoms with Gasteiger partial charge in [-0.3, -0.25) is 4.79 Å². The molecule has 4 rings (SSSR count). The second-order valence-corrected chi connectivity index (χ2v) is 8.14. The summed E-state index contributed by atoms with van der Waals surface area (Å²) >= 11 is 0. The Morgan fingerprint density at radius 3 is 2.55 bits per heavy atom. The fraction of sp³-hybridized carbons (Fsp3) is 0.522. The largest absolute Gasteiger partial charge is 0.372 e. The van der Waals surface area contributed by atoms with Gasteiger partial charge >= 0.3 is 0 Å². The average molecular weight is 395 g/mol. The Labute approximate surface area is 172 Å². The van der Waals surface area contributed by atoms with Crippen molar-refractivity contribution in [2.75, 3.05) is 24.5 Å². The van der Waals surface area contributed by atoms with E-state index in [4.69, 9.17) is 14.7 Å². The lowest BCUT2D eigenvalue weighted by molar-refractivity contribution is -0.132. The minimum atomic E-state index is 0.144. The van der Waals surface area contributed by atoms with Crippen molar-refractivity contribution in [3.05, 3.63) is 41.6 Å². The first-order chi connectivity index (χ1) is 14.0. The zero-order valence-electron chi connectivity index (χ0n) is 17.6. The third-order valence-corrected chi connectivity index (χ3v) is 5.61. The maximum absolute atomic E-state index is 12.5. The van der Waals surface area contributed by atoms with Crippen LogP contribution in [0, 0.1) is 0 Å². The molecule has 1 aromatic heterocycles. The van der Waals surface area contributed by atoms with Gasteiger partial charge in [0.15, 0.2) is 5.82 Å². The smallest absolute Gasteiger partial charge is 0.222 e. The summed E-state index contributed by atoms with van der Waals surface area (Å²) < 4.78 is 5.94. The first-order valence-corrected chi connectivity index (χ1v) is 10.7. The molecule has 2 aromatic rings. The lowest BCUT2D eigenvalue weighted by Crippen LogP contribution is -2.47. The summed E-state index contributed by atoms with van der Waals surface area (Å²) in [6, 6.07) is 10.1. The van der Waals surface area contributed by atoms with Crippen LogP contribution in [0.25, 0.3) is 11.4 Å². The van der Waals surface area contributed by atoms with Crippen molar-refractivity contribution in [1.29, 1.82) is 0 Å². The van der Waals surface area contributed by atoms with Crippen molar-refractivity contribution in [1.82, 2.24) is 14.9 Å². The van der Waals surface area contributed by atoms with Gasteiger partial charge in [0.1, 0.15) is 5.82 Å². The van der Waals surface area contributed by atoms with E-state index in [-0.39, 0.29) is 18.1 Å². The molecule has 0 aliphatic carbocycles. The molecule has 1 aromatic carbocycles. The van der Waals surface area contributed by atoms with E-state index in [1.165, 1.54) is 0 Å². The zero-order chi connectivity index (χ0) is 20.4. The summed E-state index contributed by atoms with van der Waals surface area (Å²) in [4.78, 5) is 26.7. The van der Waals surface area contributed by atoms with Crippen LogP contribution in [-0.4, -0.2) is 52.6 Å². The van der Waals surface area contributed by atoms with Gasteiger partial charge in [-0.2, -0.15) is 0 Å². The predicted octanol–water partition coefficient (Wildman–Crippen LogP) is 3.44. The van der Waals surface area contributed by atoms with E-state index in [0.29, 0.717) is 13.0 Å². The highest BCUT2D eigenvalue weighted by Crippen LogP contribution is 2.31. The minimum Gasteiger partial charge on any atom is -0.372 e. The molecule has 0 saturated carbocycles. The normalized spacial score (nSPS) is 21.8. The zero-order valence-corrected chi connectivity index (χ0v) is 17.6. The highest BCUT2D eigenvalue weighted by atomic mass is 16.5. The van der Waals surface area contributed by atoms with Crippen molar-refractivity contribution in [3.63, 3.8) is 0 Å². The van der Waals surface area contributed by atoms with Gasteiger partial charge in [0.2, 0.25) is 5.91 Å². The quantitative estimate of drug-likeness (QED) is 0.795. The first kappa shape index (κ1) is 19.8. The Balaban J connectivity index is 1.75. The van der Waals surface area contributed by atoms with Crippen LogP contribution in [0.2, 0.25) is 0 Å². The number of aromatic nitrogens is 2. The molecule has 1 amide bonds. The third kappa shape index (κ3) is 4.27. The molecule has 0 unspecified atom stereocenters.